The van der Waals surface area contributed by atoms with Crippen LogP contribution in [-0.2, 0) is 70.5 Å². The van der Waals surface area contributed by atoms with Crippen molar-refractivity contribution in [3.05, 3.63) is 0 Å². The van der Waals surface area contributed by atoms with Gasteiger partial charge in [-0.25, -0.2) is 0 Å². The third kappa shape index (κ3) is 29.8. The Labute approximate surface area is 585 Å². The second-order valence-electron chi connectivity index (χ2n) is 24.7. The van der Waals surface area contributed by atoms with Crippen LogP contribution in [0, 0.1) is 45.8 Å². The van der Waals surface area contributed by atoms with Gasteiger partial charge in [-0.15, -0.1) is 11.8 Å². The van der Waals surface area contributed by atoms with Crippen LogP contribution in [0.2, 0.25) is 31.7 Å². The summed E-state index contributed by atoms with van der Waals surface area (Å²) in [7, 11) is -0.452. The number of hydrogen-bond acceptors (Lipinski definition) is 21. The second kappa shape index (κ2) is 42.7. The first kappa shape index (κ1) is 96.2. The molecular weight excluding hydrogens is 1460 g/mol. The highest BCUT2D eigenvalue weighted by atomic mass is 32.2. The fourth-order valence-electron chi connectivity index (χ4n) is 9.62. The van der Waals surface area contributed by atoms with Gasteiger partial charge in [0.25, 0.3) is 0 Å². The maximum absolute atomic E-state index is 15.3. The number of nitrogens with zero attached hydrogens (tertiary/aromatic N) is 1. The van der Waals surface area contributed by atoms with Crippen LogP contribution in [0.15, 0.2) is 0 Å². The van der Waals surface area contributed by atoms with Crippen molar-refractivity contribution < 1.29 is 132 Å². The molecule has 0 rings (SSSR count). The van der Waals surface area contributed by atoms with E-state index >= 15 is 17.6 Å². The lowest BCUT2D eigenvalue weighted by molar-refractivity contribution is -0.440. The molecule has 0 aromatic carbocycles. The quantitative estimate of drug-likeness (QED) is 0.0138. The number of nitriles is 1. The first-order chi connectivity index (χ1) is 44.0. The monoisotopic (exact) mass is 1550 g/mol. The maximum atomic E-state index is 15.3. The van der Waals surface area contributed by atoms with Gasteiger partial charge in [0.1, 0.15) is 5.25 Å². The molecule has 0 fully saturated rings. The lowest BCUT2D eigenvalue weighted by Gasteiger charge is -2.42. The highest BCUT2D eigenvalue weighted by Gasteiger charge is 2.92. The Morgan fingerprint density at radius 3 is 1.24 bits per heavy atom. The maximum Gasteiger partial charge on any atom is 0.384 e. The van der Waals surface area contributed by atoms with Gasteiger partial charge >= 0.3 is 85.8 Å². The number of alkyl halides is 14. The molecule has 0 bridgehead atoms. The summed E-state index contributed by atoms with van der Waals surface area (Å²) in [5.41, 5.74) is -4.17. The van der Waals surface area contributed by atoms with Gasteiger partial charge in [0.2, 0.25) is 0 Å². The molecule has 0 aliphatic heterocycles. The Kier molecular flexibility index (Phi) is 42.3. The van der Waals surface area contributed by atoms with Gasteiger partial charge in [0.15, 0.2) is 8.32 Å². The Hall–Kier alpha value is -2.87. The highest BCUT2D eigenvalue weighted by Crippen LogP contribution is 2.62. The van der Waals surface area contributed by atoms with Gasteiger partial charge < -0.3 is 41.7 Å². The molecule has 568 valence electrons. The molecule has 0 saturated carbocycles. The molecule has 0 N–H and O–H groups in total. The Morgan fingerprint density at radius 1 is 0.495 bits per heavy atom. The molecule has 16 nitrogen and oxygen atoms in total. The molecule has 0 aromatic rings. The van der Waals surface area contributed by atoms with E-state index in [1.807, 2.05) is 25.4 Å². The Balaban J connectivity index is 0. The van der Waals surface area contributed by atoms with Crippen molar-refractivity contribution in [2.24, 2.45) is 34.5 Å². The van der Waals surface area contributed by atoms with E-state index in [0.717, 1.165) is 18.7 Å². The fourth-order valence-corrected chi connectivity index (χ4v) is 14.6. The fraction of sp³-hybridized carbons (Fsp3) is 0.867. The molecule has 6 atom stereocenters. The van der Waals surface area contributed by atoms with E-state index in [-0.39, 0.29) is 63.9 Å². The zero-order valence-electron chi connectivity index (χ0n) is 56.6. The third-order valence-electron chi connectivity index (χ3n) is 15.5. The van der Waals surface area contributed by atoms with E-state index in [0.29, 0.717) is 48.6 Å². The van der Waals surface area contributed by atoms with Crippen molar-refractivity contribution in [1.29, 1.82) is 5.26 Å². The molecule has 0 aromatic heterocycles. The first-order valence-corrected chi connectivity index (χ1v) is 41.5. The minimum Gasteiger partial charge on any atom is -0.465 e. The first-order valence-electron chi connectivity index (χ1n) is 30.4. The van der Waals surface area contributed by atoms with Gasteiger partial charge in [0.05, 0.1) is 86.6 Å². The van der Waals surface area contributed by atoms with Crippen LogP contribution in [0.1, 0.15) is 119 Å². The zero-order valence-corrected chi connectivity index (χ0v) is 62.6. The lowest BCUT2D eigenvalue weighted by Crippen LogP contribution is -2.72. The topological polar surface area (TPSA) is 209 Å². The Bertz CT molecular complexity index is 2510. The number of ether oxygens (including phenoxy) is 6. The smallest absolute Gasteiger partial charge is 0.384 e. The summed E-state index contributed by atoms with van der Waals surface area (Å²) in [6, 6.07) is 2.71. The minimum absolute atomic E-state index is 0. The van der Waals surface area contributed by atoms with Crippen molar-refractivity contribution in [2.45, 2.75) is 198 Å². The van der Waals surface area contributed by atoms with Crippen molar-refractivity contribution in [3.8, 4) is 6.07 Å². The number of thioether (sulfide) groups is 4. The van der Waals surface area contributed by atoms with Gasteiger partial charge in [-0.05, 0) is 166 Å². The largest absolute Gasteiger partial charge is 0.465 e. The van der Waals surface area contributed by atoms with Crippen molar-refractivity contribution in [1.82, 2.24) is 0 Å². The van der Waals surface area contributed by atoms with Gasteiger partial charge in [0, 0.05) is 32.4 Å². The summed E-state index contributed by atoms with van der Waals surface area (Å²) in [6.07, 6.45) is -0.303. The zero-order chi connectivity index (χ0) is 74.6. The van der Waals surface area contributed by atoms with E-state index in [4.69, 9.17) is 53.9 Å². The molecule has 37 heteroatoms. The molecule has 0 radical (unpaired) electrons. The standard InChI is InChI=1S/C59H93F14NO15S5Si2.CH4/c1-39(90)94-44(49(79)88-25-19-31-96(14,82-7)83-8)35-42(47(77)85-22-16-28-92-10)33-40(45(75)84-21-15-27-91-9)32-41(46(76)87-24-18-30-95(12,13)81-6)34-43(48(78)86-23-17-29-93-11)36-52(4,37-51(2,3)38-74)50(80)89-26-20-54(62,63)56(66,67)58(70,71)59(72,73)57(68,69)55(64,65)53(5,60)61;/h40-44H,15-37H2,1-14H3;1H4. The molecular formula is C60H97F14NO15S5Si2. The number of thiocarbonyl (C=S) groups is 1. The normalized spacial score (nSPS) is 15.3. The average Bonchev–Trinajstić information content (AvgIpc) is 0.704. The van der Waals surface area contributed by atoms with Crippen LogP contribution in [0.25, 0.3) is 0 Å². The number of carbonyl (C=O) groups excluding carboxylic acids is 6. The molecule has 0 heterocycles. The number of carbonyl (C=O) groups is 6. The van der Waals surface area contributed by atoms with Crippen LogP contribution in [0.3, 0.4) is 0 Å². The summed E-state index contributed by atoms with van der Waals surface area (Å²) in [6.45, 7) is 6.06. The summed E-state index contributed by atoms with van der Waals surface area (Å²) in [4.78, 5) is 87.0. The molecule has 0 saturated heterocycles. The molecule has 6 unspecified atom stereocenters. The van der Waals surface area contributed by atoms with Gasteiger partial charge in [-0.3, -0.25) is 28.8 Å². The molecule has 0 aliphatic rings. The third-order valence-corrected chi connectivity index (χ3v) is 24.5. The second-order valence-corrected chi connectivity index (χ2v) is 38.0. The number of hydrogen-bond donors (Lipinski definition) is 0. The number of esters is 6. The average molecular weight is 1550 g/mol. The van der Waals surface area contributed by atoms with Crippen molar-refractivity contribution >= 4 is 116 Å². The van der Waals surface area contributed by atoms with Gasteiger partial charge in [-0.2, -0.15) is 102 Å². The van der Waals surface area contributed by atoms with Crippen LogP contribution < -0.4 is 0 Å². The summed E-state index contributed by atoms with van der Waals surface area (Å²) in [5, 5.41) is 9.01. The summed E-state index contributed by atoms with van der Waals surface area (Å²) in [5.74, 6) is -64.8. The number of halogens is 14. The highest BCUT2D eigenvalue weighted by molar-refractivity contribution is 8.23. The molecule has 0 aliphatic carbocycles. The predicted octanol–water partition coefficient (Wildman–Crippen LogP) is 15.8. The molecule has 97 heavy (non-hydrogen) atoms. The minimum atomic E-state index is -8.34. The van der Waals surface area contributed by atoms with E-state index < -0.39 is 186 Å². The van der Waals surface area contributed by atoms with E-state index in [2.05, 4.69) is 0 Å². The van der Waals surface area contributed by atoms with E-state index in [1.165, 1.54) is 77.4 Å². The van der Waals surface area contributed by atoms with Crippen LogP contribution in [0.5, 0.6) is 0 Å². The van der Waals surface area contributed by atoms with Crippen LogP contribution in [0.4, 0.5) is 61.5 Å². The van der Waals surface area contributed by atoms with Crippen LogP contribution in [-0.4, -0.2) is 201 Å². The predicted molar refractivity (Wildman–Crippen MR) is 354 cm³/mol. The van der Waals surface area contributed by atoms with Crippen molar-refractivity contribution in [3.63, 3.8) is 0 Å². The van der Waals surface area contributed by atoms with E-state index in [9.17, 15) is 77.9 Å². The molecule has 0 spiro atoms. The van der Waals surface area contributed by atoms with Crippen LogP contribution >= 0.6 is 59.3 Å². The van der Waals surface area contributed by atoms with E-state index in [1.54, 1.807) is 19.1 Å². The van der Waals surface area contributed by atoms with Gasteiger partial charge in [-0.1, -0.05) is 19.6 Å². The van der Waals surface area contributed by atoms with Crippen molar-refractivity contribution in [2.75, 3.05) is 97.0 Å². The molecule has 0 amide bonds. The summed E-state index contributed by atoms with van der Waals surface area (Å²) < 4.78 is 253. The SMILES string of the molecule is C.CO[Si](C)(C)CCCOC(=O)C(CC(CC(CC(SC(C)=S)C(=O)OCCC[Si](C)(OC)OC)C(=O)OCCCSC)C(=O)OCCCSC)CC(CC(C)(CC(C)(C)C#N)C(=O)OCCC(F)(F)C(F)(F)C(F)(F)C(F)(F)C(F)(F)C(F)(F)C(C)(F)F)C(=O)OCCCSC. The Morgan fingerprint density at radius 2 is 0.856 bits per heavy atom. The number of rotatable bonds is 51. The summed E-state index contributed by atoms with van der Waals surface area (Å²) >= 11 is 10.5. The lowest BCUT2D eigenvalue weighted by atomic mass is 9.68.